The Labute approximate surface area is 187 Å². The fourth-order valence-corrected chi connectivity index (χ4v) is 2.77. The van der Waals surface area contributed by atoms with Crippen molar-refractivity contribution >= 4 is 39.6 Å². The molecule has 0 N–H and O–H groups in total. The topological polar surface area (TPSA) is 13.0 Å². The van der Waals surface area contributed by atoms with E-state index in [4.69, 9.17) is 28.3 Å². The first-order valence-electron chi connectivity index (χ1n) is 9.33. The Bertz CT molecular complexity index is 592. The van der Waals surface area contributed by atoms with E-state index in [1.54, 1.807) is 0 Å². The summed E-state index contributed by atoms with van der Waals surface area (Å²) in [6, 6.07) is 9.81. The van der Waals surface area contributed by atoms with Gasteiger partial charge >= 0.3 is 42.4 Å². The third-order valence-corrected chi connectivity index (χ3v) is 4.24. The van der Waals surface area contributed by atoms with Crippen LogP contribution in [0.25, 0.3) is 0 Å². The minimum absolute atomic E-state index is 1.07. The van der Waals surface area contributed by atoms with Crippen molar-refractivity contribution in [3.63, 3.8) is 0 Å². The standard InChI is InChI=1S/C20H27N4.3ClH.Pt/c1-3-5-10-21-12-14-23(17-21)19-8-7-9-20(16-19)24-15-13-22(18-24)11-6-4-2;;;;/h7-9,12-15,17-18H,3-6,10-11H2,1-2H3;3*1H;/q-3;;;;+3/p-3. The molecule has 0 saturated heterocycles. The second kappa shape index (κ2) is 12.9. The van der Waals surface area contributed by atoms with Crippen molar-refractivity contribution in [1.29, 1.82) is 0 Å². The summed E-state index contributed by atoms with van der Waals surface area (Å²) in [6.07, 6.45) is 13.3. The molecule has 0 spiro atoms. The summed E-state index contributed by atoms with van der Waals surface area (Å²) in [7, 11) is 14.9. The van der Waals surface area contributed by atoms with E-state index in [1.807, 2.05) is 0 Å². The van der Waals surface area contributed by atoms with Gasteiger partial charge in [0.2, 0.25) is 0 Å². The third kappa shape index (κ3) is 8.06. The van der Waals surface area contributed by atoms with Crippen molar-refractivity contribution in [3.05, 3.63) is 62.4 Å². The van der Waals surface area contributed by atoms with Crippen LogP contribution in [-0.2, 0) is 14.2 Å². The van der Waals surface area contributed by atoms with Crippen LogP contribution in [0.15, 0.2) is 43.0 Å². The average molecular weight is 625 g/mol. The minimum atomic E-state index is -1.85. The van der Waals surface area contributed by atoms with Gasteiger partial charge in [-0.25, -0.2) is 0 Å². The number of unbranched alkanes of at least 4 members (excludes halogenated alkanes) is 2. The van der Waals surface area contributed by atoms with Crippen molar-refractivity contribution in [2.24, 2.45) is 0 Å². The molecule has 2 aliphatic heterocycles. The maximum absolute atomic E-state index is 4.96. The molecule has 0 aromatic heterocycles. The molecule has 2 aliphatic rings. The molecule has 161 valence electrons. The van der Waals surface area contributed by atoms with Gasteiger partial charge in [0, 0.05) is 0 Å². The normalized spacial score (nSPS) is 16.0. The zero-order valence-corrected chi connectivity index (χ0v) is 20.7. The zero-order chi connectivity index (χ0) is 20.4. The fraction of sp³-hybridized carbons (Fsp3) is 0.400. The van der Waals surface area contributed by atoms with E-state index in [0.717, 1.165) is 24.5 Å². The Hall–Kier alpha value is -0.542. The van der Waals surface area contributed by atoms with E-state index in [2.05, 4.69) is 95.8 Å². The molecule has 0 radical (unpaired) electrons. The first-order valence-corrected chi connectivity index (χ1v) is 17.8. The van der Waals surface area contributed by atoms with Gasteiger partial charge in [0.1, 0.15) is 0 Å². The van der Waals surface area contributed by atoms with Gasteiger partial charge in [-0.3, -0.25) is 0 Å². The molecule has 2 heterocycles. The van der Waals surface area contributed by atoms with Crippen LogP contribution in [0.4, 0.5) is 11.4 Å². The van der Waals surface area contributed by atoms with Crippen LogP contribution in [0.3, 0.4) is 0 Å². The molecule has 0 bridgehead atoms. The maximum atomic E-state index is 4.96. The first-order chi connectivity index (χ1) is 13.5. The fourth-order valence-electron chi connectivity index (χ4n) is 2.77. The monoisotopic (exact) mass is 623 g/mol. The summed E-state index contributed by atoms with van der Waals surface area (Å²) >= 11 is -1.85. The summed E-state index contributed by atoms with van der Waals surface area (Å²) in [5.41, 5.74) is 2.13. The summed E-state index contributed by atoms with van der Waals surface area (Å²) in [4.78, 5) is 8.73. The molecule has 3 rings (SSSR count). The molecule has 4 nitrogen and oxygen atoms in total. The summed E-state index contributed by atoms with van der Waals surface area (Å²) in [6.45, 7) is 10.9. The number of nitrogens with zero attached hydrogens (tertiary/aromatic N) is 4. The quantitative estimate of drug-likeness (QED) is 0.303. The van der Waals surface area contributed by atoms with Crippen molar-refractivity contribution < 1.29 is 14.2 Å². The molecule has 1 aromatic rings. The number of rotatable bonds is 8. The summed E-state index contributed by atoms with van der Waals surface area (Å²) in [5, 5.41) is 0. The number of benzene rings is 1. The van der Waals surface area contributed by atoms with Gasteiger partial charge < -0.3 is 19.6 Å². The predicted octanol–water partition coefficient (Wildman–Crippen LogP) is 6.58. The molecule has 1 aromatic carbocycles. The number of halogens is 3. The average Bonchev–Trinajstić information content (AvgIpc) is 3.34. The zero-order valence-electron chi connectivity index (χ0n) is 16.2. The Balaban J connectivity index is 0.000000640. The van der Waals surface area contributed by atoms with Crippen LogP contribution in [-0.4, -0.2) is 22.9 Å². The van der Waals surface area contributed by atoms with Crippen molar-refractivity contribution in [3.8, 4) is 0 Å². The molecule has 0 fully saturated rings. The molecule has 0 unspecified atom stereocenters. The van der Waals surface area contributed by atoms with Gasteiger partial charge in [-0.1, -0.05) is 26.7 Å². The van der Waals surface area contributed by atoms with Crippen molar-refractivity contribution in [1.82, 2.24) is 9.80 Å². The SMILES string of the molecule is CCCCN1C=CN(c2[c-]c(N3C=CN(CCCC)[CH-]3)ccc2)[CH-]1.[Cl][Pt]([Cl])[Cl]. The van der Waals surface area contributed by atoms with Crippen molar-refractivity contribution in [2.45, 2.75) is 39.5 Å². The van der Waals surface area contributed by atoms with Gasteiger partial charge in [-0.2, -0.15) is 19.4 Å². The Kier molecular flexibility index (Phi) is 10.9. The summed E-state index contributed by atoms with van der Waals surface area (Å²) < 4.78 is 0. The first kappa shape index (κ1) is 23.7. The van der Waals surface area contributed by atoms with E-state index >= 15 is 0 Å². The predicted molar refractivity (Wildman–Crippen MR) is 118 cm³/mol. The van der Waals surface area contributed by atoms with Crippen LogP contribution >= 0.6 is 28.3 Å². The number of hydrogen-bond donors (Lipinski definition) is 0. The van der Waals surface area contributed by atoms with E-state index in [-0.39, 0.29) is 0 Å². The Morgan fingerprint density at radius 3 is 1.64 bits per heavy atom. The van der Waals surface area contributed by atoms with Crippen LogP contribution in [0.2, 0.25) is 0 Å². The molecule has 8 heteroatoms. The molecular weight excluding hydrogens is 598 g/mol. The molecular formula is C20H27Cl3N4Pt-3. The van der Waals surface area contributed by atoms with Gasteiger partial charge in [-0.15, -0.1) is 29.6 Å². The molecule has 0 amide bonds. The van der Waals surface area contributed by atoms with Crippen LogP contribution in [0, 0.1) is 19.4 Å². The van der Waals surface area contributed by atoms with Gasteiger partial charge in [0.05, 0.1) is 0 Å². The van der Waals surface area contributed by atoms with Gasteiger partial charge in [0.15, 0.2) is 0 Å². The van der Waals surface area contributed by atoms with E-state index in [9.17, 15) is 0 Å². The van der Waals surface area contributed by atoms with E-state index < -0.39 is 14.2 Å². The number of anilines is 2. The van der Waals surface area contributed by atoms with Gasteiger partial charge in [-0.05, 0) is 50.7 Å². The molecule has 28 heavy (non-hydrogen) atoms. The van der Waals surface area contributed by atoms with Crippen LogP contribution in [0.5, 0.6) is 0 Å². The summed E-state index contributed by atoms with van der Waals surface area (Å²) in [5.74, 6) is 0. The van der Waals surface area contributed by atoms with Crippen LogP contribution in [0.1, 0.15) is 39.5 Å². The van der Waals surface area contributed by atoms with Crippen LogP contribution < -0.4 is 9.80 Å². The second-order valence-corrected chi connectivity index (χ2v) is 16.2. The molecule has 0 atom stereocenters. The van der Waals surface area contributed by atoms with Crippen molar-refractivity contribution in [2.75, 3.05) is 22.9 Å². The van der Waals surface area contributed by atoms with Gasteiger partial charge in [0.25, 0.3) is 0 Å². The van der Waals surface area contributed by atoms with E-state index in [0.29, 0.717) is 0 Å². The number of hydrogen-bond acceptors (Lipinski definition) is 4. The molecule has 0 saturated carbocycles. The Morgan fingerprint density at radius 2 is 1.25 bits per heavy atom. The second-order valence-electron chi connectivity index (χ2n) is 6.38. The Morgan fingerprint density at radius 1 is 0.821 bits per heavy atom. The van der Waals surface area contributed by atoms with E-state index in [1.165, 1.54) is 25.7 Å². The molecule has 0 aliphatic carbocycles. The third-order valence-electron chi connectivity index (χ3n) is 4.24.